The van der Waals surface area contributed by atoms with E-state index in [4.69, 9.17) is 0 Å². The molecule has 3 N–H and O–H groups in total. The lowest BCUT2D eigenvalue weighted by atomic mass is 10.1. The Morgan fingerprint density at radius 3 is 2.45 bits per heavy atom. The molecule has 2 heterocycles. The molecule has 0 radical (unpaired) electrons. The first-order valence-electron chi connectivity index (χ1n) is 9.59. The Kier molecular flexibility index (Phi) is 5.99. The normalized spacial score (nSPS) is 15.0. The van der Waals surface area contributed by atoms with Gasteiger partial charge >= 0.3 is 0 Å². The number of hydrogen-bond donors (Lipinski definition) is 3. The lowest BCUT2D eigenvalue weighted by Gasteiger charge is -2.22. The summed E-state index contributed by atoms with van der Waals surface area (Å²) in [5.74, 6) is 0.0987. The van der Waals surface area contributed by atoms with Crippen molar-refractivity contribution in [3.63, 3.8) is 0 Å². The zero-order valence-corrected chi connectivity index (χ0v) is 17.5. The van der Waals surface area contributed by atoms with Crippen LogP contribution in [0.3, 0.4) is 0 Å². The highest BCUT2D eigenvalue weighted by molar-refractivity contribution is 7.98. The van der Waals surface area contributed by atoms with Gasteiger partial charge in [0.15, 0.2) is 0 Å². The molecule has 1 aliphatic heterocycles. The van der Waals surface area contributed by atoms with E-state index in [0.717, 1.165) is 5.56 Å². The molecule has 3 aromatic rings. The van der Waals surface area contributed by atoms with Crippen LogP contribution in [-0.2, 0) is 20.1 Å². The fourth-order valence-electron chi connectivity index (χ4n) is 3.10. The Bertz CT molecular complexity index is 1110. The number of fused-ring (bicyclic) bond motifs is 1. The number of amides is 3. The van der Waals surface area contributed by atoms with Gasteiger partial charge in [0.25, 0.3) is 0 Å². The van der Waals surface area contributed by atoms with Crippen LogP contribution in [-0.4, -0.2) is 32.5 Å². The molecule has 0 bridgehead atoms. The van der Waals surface area contributed by atoms with Gasteiger partial charge in [-0.15, -0.1) is 5.10 Å². The number of nitrogens with one attached hydrogen (secondary N) is 3. The van der Waals surface area contributed by atoms with Crippen LogP contribution in [0.25, 0.3) is 0 Å². The number of thioether (sulfide) groups is 1. The van der Waals surface area contributed by atoms with Gasteiger partial charge in [0, 0.05) is 24.1 Å². The largest absolute Gasteiger partial charge is 0.326 e. The van der Waals surface area contributed by atoms with Crippen molar-refractivity contribution >= 4 is 46.8 Å². The molecule has 0 aliphatic carbocycles. The maximum Gasteiger partial charge on any atom is 0.249 e. The Morgan fingerprint density at radius 1 is 1.10 bits per heavy atom. The van der Waals surface area contributed by atoms with E-state index in [0.29, 0.717) is 22.3 Å². The van der Waals surface area contributed by atoms with Gasteiger partial charge in [-0.1, -0.05) is 42.1 Å². The minimum absolute atomic E-state index is 0.0328. The van der Waals surface area contributed by atoms with Crippen molar-refractivity contribution in [2.24, 2.45) is 0 Å². The van der Waals surface area contributed by atoms with Gasteiger partial charge in [-0.05, 0) is 29.8 Å². The summed E-state index contributed by atoms with van der Waals surface area (Å²) in [4.78, 5) is 40.5. The molecule has 1 unspecified atom stereocenters. The number of carbonyl (C=O) groups excluding carboxylic acids is 3. The number of benzene rings is 2. The van der Waals surface area contributed by atoms with Gasteiger partial charge < -0.3 is 10.6 Å². The van der Waals surface area contributed by atoms with Crippen molar-refractivity contribution in [1.29, 1.82) is 0 Å². The minimum Gasteiger partial charge on any atom is -0.326 e. The van der Waals surface area contributed by atoms with Crippen LogP contribution in [0, 0.1) is 0 Å². The predicted molar refractivity (Wildman–Crippen MR) is 118 cm³/mol. The van der Waals surface area contributed by atoms with Gasteiger partial charge in [0.1, 0.15) is 6.04 Å². The second-order valence-electron chi connectivity index (χ2n) is 6.95. The standard InChI is InChI=1S/C21H20N6O3S/c1-13(28)22-15-7-9-16(10-8-15)23-19(30)17-11-18(29)24-20-25-21(26-27(17)20)31-12-14-5-3-2-4-6-14/h2-10,17H,11-12H2,1H3,(H,22,28)(H,23,30)(H,24,25,26,29). The third-order valence-corrected chi connectivity index (χ3v) is 5.43. The van der Waals surface area contributed by atoms with Crippen LogP contribution in [0.2, 0.25) is 0 Å². The van der Waals surface area contributed by atoms with Crippen LogP contribution < -0.4 is 16.0 Å². The summed E-state index contributed by atoms with van der Waals surface area (Å²) >= 11 is 1.43. The topological polar surface area (TPSA) is 118 Å². The highest BCUT2D eigenvalue weighted by atomic mass is 32.2. The molecule has 0 saturated heterocycles. The lowest BCUT2D eigenvalue weighted by Crippen LogP contribution is -2.36. The molecule has 3 amide bonds. The van der Waals surface area contributed by atoms with Crippen LogP contribution in [0.4, 0.5) is 17.3 Å². The minimum atomic E-state index is -0.808. The SMILES string of the molecule is CC(=O)Nc1ccc(NC(=O)C2CC(=O)Nc3nc(SCc4ccccc4)nn32)cc1. The van der Waals surface area contributed by atoms with E-state index >= 15 is 0 Å². The number of rotatable bonds is 6. The van der Waals surface area contributed by atoms with Gasteiger partial charge in [-0.3, -0.25) is 19.7 Å². The van der Waals surface area contributed by atoms with E-state index in [1.54, 1.807) is 24.3 Å². The Labute approximate surface area is 182 Å². The summed E-state index contributed by atoms with van der Waals surface area (Å²) in [6, 6.07) is 15.8. The Morgan fingerprint density at radius 2 is 1.77 bits per heavy atom. The highest BCUT2D eigenvalue weighted by Crippen LogP contribution is 2.28. The second kappa shape index (κ2) is 9.00. The van der Waals surface area contributed by atoms with E-state index in [9.17, 15) is 14.4 Å². The number of nitrogens with zero attached hydrogens (tertiary/aromatic N) is 3. The first-order valence-corrected chi connectivity index (χ1v) is 10.6. The van der Waals surface area contributed by atoms with Crippen molar-refractivity contribution in [3.05, 3.63) is 60.2 Å². The van der Waals surface area contributed by atoms with Crippen molar-refractivity contribution in [2.45, 2.75) is 30.3 Å². The predicted octanol–water partition coefficient (Wildman–Crippen LogP) is 3.05. The molecule has 2 aromatic carbocycles. The molecule has 0 fully saturated rings. The summed E-state index contributed by atoms with van der Waals surface area (Å²) in [6.45, 7) is 1.42. The molecule has 9 nitrogen and oxygen atoms in total. The third-order valence-electron chi connectivity index (χ3n) is 4.52. The van der Waals surface area contributed by atoms with E-state index < -0.39 is 6.04 Å². The third kappa shape index (κ3) is 5.10. The number of aromatic nitrogens is 3. The Balaban J connectivity index is 1.46. The second-order valence-corrected chi connectivity index (χ2v) is 7.90. The molecule has 10 heteroatoms. The van der Waals surface area contributed by atoms with Gasteiger partial charge in [0.05, 0.1) is 6.42 Å². The quantitative estimate of drug-likeness (QED) is 0.511. The molecule has 0 saturated carbocycles. The van der Waals surface area contributed by atoms with Gasteiger partial charge in [-0.2, -0.15) is 4.98 Å². The molecule has 1 aliphatic rings. The Hall–Kier alpha value is -3.66. The van der Waals surface area contributed by atoms with Gasteiger partial charge in [0.2, 0.25) is 28.8 Å². The van der Waals surface area contributed by atoms with Crippen LogP contribution >= 0.6 is 11.8 Å². The monoisotopic (exact) mass is 436 g/mol. The van der Waals surface area contributed by atoms with Crippen LogP contribution in [0.5, 0.6) is 0 Å². The fraction of sp³-hybridized carbons (Fsp3) is 0.190. The van der Waals surface area contributed by atoms with Crippen molar-refractivity contribution in [3.8, 4) is 0 Å². The molecule has 1 atom stereocenters. The summed E-state index contributed by atoms with van der Waals surface area (Å²) in [5, 5.41) is 13.0. The van der Waals surface area contributed by atoms with E-state index in [1.165, 1.54) is 23.4 Å². The fourth-order valence-corrected chi connectivity index (χ4v) is 3.88. The maximum absolute atomic E-state index is 12.9. The van der Waals surface area contributed by atoms with Crippen molar-refractivity contribution in [2.75, 3.05) is 16.0 Å². The molecular weight excluding hydrogens is 416 g/mol. The first-order chi connectivity index (χ1) is 15.0. The zero-order valence-electron chi connectivity index (χ0n) is 16.7. The van der Waals surface area contributed by atoms with Crippen molar-refractivity contribution < 1.29 is 14.4 Å². The summed E-state index contributed by atoms with van der Waals surface area (Å²) < 4.78 is 1.45. The number of carbonyl (C=O) groups is 3. The molecular formula is C21H20N6O3S. The zero-order chi connectivity index (χ0) is 21.8. The van der Waals surface area contributed by atoms with E-state index in [1.807, 2.05) is 30.3 Å². The molecule has 0 spiro atoms. The van der Waals surface area contributed by atoms with Crippen LogP contribution in [0.15, 0.2) is 59.8 Å². The summed E-state index contributed by atoms with van der Waals surface area (Å²) in [7, 11) is 0. The number of anilines is 3. The van der Waals surface area contributed by atoms with E-state index in [2.05, 4.69) is 26.0 Å². The maximum atomic E-state index is 12.9. The molecule has 31 heavy (non-hydrogen) atoms. The number of hydrogen-bond acceptors (Lipinski definition) is 6. The molecule has 1 aromatic heterocycles. The summed E-state index contributed by atoms with van der Waals surface area (Å²) in [6.07, 6.45) is -0.0328. The van der Waals surface area contributed by atoms with E-state index in [-0.39, 0.29) is 30.1 Å². The smallest absolute Gasteiger partial charge is 0.249 e. The lowest BCUT2D eigenvalue weighted by molar-refractivity contribution is -0.125. The molecule has 4 rings (SSSR count). The van der Waals surface area contributed by atoms with Crippen LogP contribution in [0.1, 0.15) is 24.9 Å². The average Bonchev–Trinajstić information content (AvgIpc) is 3.16. The first kappa shape index (κ1) is 20.6. The van der Waals surface area contributed by atoms with Crippen molar-refractivity contribution in [1.82, 2.24) is 14.8 Å². The summed E-state index contributed by atoms with van der Waals surface area (Å²) in [5.41, 5.74) is 2.30. The highest BCUT2D eigenvalue weighted by Gasteiger charge is 2.33. The van der Waals surface area contributed by atoms with Gasteiger partial charge in [-0.25, -0.2) is 4.68 Å². The molecule has 158 valence electrons. The average molecular weight is 436 g/mol.